The summed E-state index contributed by atoms with van der Waals surface area (Å²) in [7, 11) is 0. The average molecular weight is 178 g/mol. The molecule has 0 radical (unpaired) electrons. The zero-order valence-corrected chi connectivity index (χ0v) is 7.37. The van der Waals surface area contributed by atoms with Crippen molar-refractivity contribution in [2.45, 2.75) is 13.3 Å². The Morgan fingerprint density at radius 2 is 2.38 bits per heavy atom. The Bertz CT molecular complexity index is 344. The van der Waals surface area contributed by atoms with Gasteiger partial charge in [-0.05, 0) is 13.0 Å². The van der Waals surface area contributed by atoms with Crippen LogP contribution in [0.15, 0.2) is 18.2 Å². The van der Waals surface area contributed by atoms with E-state index in [1.165, 1.54) is 0 Å². The third-order valence-electron chi connectivity index (χ3n) is 1.91. The van der Waals surface area contributed by atoms with Crippen molar-refractivity contribution >= 4 is 5.97 Å². The van der Waals surface area contributed by atoms with Gasteiger partial charge in [0.2, 0.25) is 0 Å². The van der Waals surface area contributed by atoms with Gasteiger partial charge in [0.05, 0.1) is 13.0 Å². The van der Waals surface area contributed by atoms with Crippen LogP contribution in [0.25, 0.3) is 0 Å². The van der Waals surface area contributed by atoms with Crippen LogP contribution in [-0.4, -0.2) is 12.6 Å². The molecule has 0 fully saturated rings. The number of ether oxygens (including phenoxy) is 2. The molecule has 0 saturated carbocycles. The molecule has 1 heterocycles. The minimum atomic E-state index is -0.191. The van der Waals surface area contributed by atoms with Crippen molar-refractivity contribution in [3.8, 4) is 11.5 Å². The van der Waals surface area contributed by atoms with Crippen LogP contribution in [0.1, 0.15) is 12.5 Å². The summed E-state index contributed by atoms with van der Waals surface area (Å²) in [4.78, 5) is 10.9. The van der Waals surface area contributed by atoms with E-state index in [0.29, 0.717) is 18.8 Å². The van der Waals surface area contributed by atoms with Crippen molar-refractivity contribution in [2.75, 3.05) is 6.61 Å². The van der Waals surface area contributed by atoms with Gasteiger partial charge in [-0.2, -0.15) is 0 Å². The highest BCUT2D eigenvalue weighted by Gasteiger charge is 2.20. The standard InChI is InChI=1S/C10H10O3/c1-2-12-8-4-3-7-5-10(11)13-9(7)6-8/h3-4,6H,2,5H2,1H3. The number of rotatable bonds is 2. The van der Waals surface area contributed by atoms with E-state index < -0.39 is 0 Å². The Morgan fingerprint density at radius 1 is 1.54 bits per heavy atom. The lowest BCUT2D eigenvalue weighted by molar-refractivity contribution is -0.131. The molecular weight excluding hydrogens is 168 g/mol. The van der Waals surface area contributed by atoms with E-state index in [-0.39, 0.29) is 5.97 Å². The van der Waals surface area contributed by atoms with Crippen molar-refractivity contribution < 1.29 is 14.3 Å². The summed E-state index contributed by atoms with van der Waals surface area (Å²) in [6.07, 6.45) is 0.377. The second-order valence-electron chi connectivity index (χ2n) is 2.85. The molecule has 0 unspecified atom stereocenters. The van der Waals surface area contributed by atoms with Gasteiger partial charge in [0.15, 0.2) is 0 Å². The Kier molecular flexibility index (Phi) is 1.93. The normalized spacial score (nSPS) is 13.8. The van der Waals surface area contributed by atoms with Crippen LogP contribution < -0.4 is 9.47 Å². The summed E-state index contributed by atoms with van der Waals surface area (Å²) in [5.74, 6) is 1.19. The van der Waals surface area contributed by atoms with Crippen LogP contribution >= 0.6 is 0 Å². The number of esters is 1. The molecule has 13 heavy (non-hydrogen) atoms. The highest BCUT2D eigenvalue weighted by Crippen LogP contribution is 2.29. The highest BCUT2D eigenvalue weighted by atomic mass is 16.5. The second kappa shape index (κ2) is 3.09. The van der Waals surface area contributed by atoms with E-state index in [0.717, 1.165) is 11.3 Å². The lowest BCUT2D eigenvalue weighted by Gasteiger charge is -2.03. The fraction of sp³-hybridized carbons (Fsp3) is 0.300. The molecule has 0 amide bonds. The number of carbonyl (C=O) groups is 1. The van der Waals surface area contributed by atoms with E-state index >= 15 is 0 Å². The van der Waals surface area contributed by atoms with Gasteiger partial charge in [-0.25, -0.2) is 0 Å². The SMILES string of the molecule is CCOc1ccc2c(c1)OC(=O)C2. The van der Waals surface area contributed by atoms with Gasteiger partial charge in [0.25, 0.3) is 0 Å². The maximum absolute atomic E-state index is 10.9. The van der Waals surface area contributed by atoms with E-state index in [2.05, 4.69) is 0 Å². The lowest BCUT2D eigenvalue weighted by Crippen LogP contribution is -2.00. The molecule has 1 aliphatic rings. The Labute approximate surface area is 76.3 Å². The topological polar surface area (TPSA) is 35.5 Å². The van der Waals surface area contributed by atoms with Crippen LogP contribution in [-0.2, 0) is 11.2 Å². The molecule has 0 aromatic heterocycles. The van der Waals surface area contributed by atoms with E-state index in [1.807, 2.05) is 19.1 Å². The Balaban J connectivity index is 2.29. The van der Waals surface area contributed by atoms with Crippen molar-refractivity contribution in [1.29, 1.82) is 0 Å². The van der Waals surface area contributed by atoms with E-state index in [9.17, 15) is 4.79 Å². The molecule has 0 aliphatic carbocycles. The summed E-state index contributed by atoms with van der Waals surface area (Å²) in [6, 6.07) is 5.47. The maximum atomic E-state index is 10.9. The van der Waals surface area contributed by atoms with Crippen LogP contribution in [0.3, 0.4) is 0 Å². The summed E-state index contributed by atoms with van der Waals surface area (Å²) < 4.78 is 10.2. The van der Waals surface area contributed by atoms with Crippen LogP contribution in [0.4, 0.5) is 0 Å². The molecule has 0 bridgehead atoms. The van der Waals surface area contributed by atoms with Gasteiger partial charge in [0.1, 0.15) is 11.5 Å². The van der Waals surface area contributed by atoms with Crippen molar-refractivity contribution in [3.05, 3.63) is 23.8 Å². The van der Waals surface area contributed by atoms with Crippen molar-refractivity contribution in [1.82, 2.24) is 0 Å². The number of fused-ring (bicyclic) bond motifs is 1. The van der Waals surface area contributed by atoms with Crippen LogP contribution in [0, 0.1) is 0 Å². The number of benzene rings is 1. The number of hydrogen-bond acceptors (Lipinski definition) is 3. The molecule has 1 aromatic rings. The Hall–Kier alpha value is -1.51. The second-order valence-corrected chi connectivity index (χ2v) is 2.85. The number of carbonyl (C=O) groups excluding carboxylic acids is 1. The molecular formula is C10H10O3. The van der Waals surface area contributed by atoms with E-state index in [1.54, 1.807) is 6.07 Å². The molecule has 3 heteroatoms. The summed E-state index contributed by atoms with van der Waals surface area (Å²) in [5.41, 5.74) is 0.938. The first-order valence-corrected chi connectivity index (χ1v) is 4.26. The molecule has 68 valence electrons. The first kappa shape index (κ1) is 8.10. The van der Waals surface area contributed by atoms with Gasteiger partial charge in [-0.1, -0.05) is 6.07 Å². The van der Waals surface area contributed by atoms with Crippen molar-refractivity contribution in [3.63, 3.8) is 0 Å². The predicted octanol–water partition coefficient (Wildman–Crippen LogP) is 1.55. The molecule has 2 rings (SSSR count). The van der Waals surface area contributed by atoms with Crippen molar-refractivity contribution in [2.24, 2.45) is 0 Å². The minimum absolute atomic E-state index is 0.191. The zero-order valence-electron chi connectivity index (χ0n) is 7.37. The minimum Gasteiger partial charge on any atom is -0.494 e. The quantitative estimate of drug-likeness (QED) is 0.509. The largest absolute Gasteiger partial charge is 0.494 e. The molecule has 1 aromatic carbocycles. The summed E-state index contributed by atoms with van der Waals surface area (Å²) in [5, 5.41) is 0. The average Bonchev–Trinajstić information content (AvgIpc) is 2.44. The third-order valence-corrected chi connectivity index (χ3v) is 1.91. The van der Waals surface area contributed by atoms with Gasteiger partial charge in [0, 0.05) is 11.6 Å². The lowest BCUT2D eigenvalue weighted by atomic mass is 10.2. The Morgan fingerprint density at radius 3 is 3.15 bits per heavy atom. The molecule has 0 N–H and O–H groups in total. The molecule has 0 spiro atoms. The van der Waals surface area contributed by atoms with Gasteiger partial charge in [-0.15, -0.1) is 0 Å². The summed E-state index contributed by atoms with van der Waals surface area (Å²) >= 11 is 0. The fourth-order valence-corrected chi connectivity index (χ4v) is 1.35. The van der Waals surface area contributed by atoms with Gasteiger partial charge >= 0.3 is 5.97 Å². The molecule has 0 atom stereocenters. The van der Waals surface area contributed by atoms with Crippen LogP contribution in [0.2, 0.25) is 0 Å². The van der Waals surface area contributed by atoms with Gasteiger partial charge in [-0.3, -0.25) is 4.79 Å². The van der Waals surface area contributed by atoms with Crippen LogP contribution in [0.5, 0.6) is 11.5 Å². The zero-order chi connectivity index (χ0) is 9.26. The van der Waals surface area contributed by atoms with Gasteiger partial charge < -0.3 is 9.47 Å². The number of hydrogen-bond donors (Lipinski definition) is 0. The first-order chi connectivity index (χ1) is 6.29. The smallest absolute Gasteiger partial charge is 0.315 e. The molecule has 3 nitrogen and oxygen atoms in total. The third kappa shape index (κ3) is 1.49. The predicted molar refractivity (Wildman–Crippen MR) is 47.0 cm³/mol. The highest BCUT2D eigenvalue weighted by molar-refractivity contribution is 5.81. The van der Waals surface area contributed by atoms with E-state index in [4.69, 9.17) is 9.47 Å². The summed E-state index contributed by atoms with van der Waals surface area (Å²) in [6.45, 7) is 2.53. The fourth-order valence-electron chi connectivity index (χ4n) is 1.35. The monoisotopic (exact) mass is 178 g/mol. The molecule has 0 saturated heterocycles. The first-order valence-electron chi connectivity index (χ1n) is 4.26. The maximum Gasteiger partial charge on any atom is 0.315 e. The molecule has 1 aliphatic heterocycles.